The van der Waals surface area contributed by atoms with Crippen LogP contribution in [0.2, 0.25) is 5.15 Å². The molecule has 3 heterocycles. The van der Waals surface area contributed by atoms with Crippen molar-refractivity contribution in [3.8, 4) is 11.3 Å². The second-order valence-corrected chi connectivity index (χ2v) is 12.3. The van der Waals surface area contributed by atoms with Gasteiger partial charge in [0.25, 0.3) is 10.0 Å². The topological polar surface area (TPSA) is 119 Å². The molecule has 208 valence electrons. The number of alkyl halides is 2. The monoisotopic (exact) mass is 579 g/mol. The molecule has 0 saturated heterocycles. The Labute approximate surface area is 229 Å². The molecule has 2 N–H and O–H groups in total. The van der Waals surface area contributed by atoms with Crippen molar-refractivity contribution in [3.05, 3.63) is 68.7 Å². The van der Waals surface area contributed by atoms with Crippen LogP contribution >= 0.6 is 11.6 Å². The van der Waals surface area contributed by atoms with Crippen molar-refractivity contribution in [2.45, 2.75) is 64.7 Å². The molecule has 39 heavy (non-hydrogen) atoms. The lowest BCUT2D eigenvalue weighted by Gasteiger charge is -2.23. The minimum atomic E-state index is -4.06. The number of benzene rings is 1. The standard InChI is InChI=1S/C26H28ClF2N5O4S/c1-13-9-17(15(3)31-19-7-8-20(27)32-24(19)39(36,37)33-26(4,5)6)23-18(10-13)21(35)14(2)22(38-23)16-11-30-34(12-16)25(28)29/h7-12,15,25,31,33H,1-6H3/t15-/m1/s1. The summed E-state index contributed by atoms with van der Waals surface area (Å²) in [7, 11) is -4.06. The van der Waals surface area contributed by atoms with Gasteiger partial charge in [0.05, 0.1) is 28.9 Å². The number of hydrogen-bond acceptors (Lipinski definition) is 7. The molecule has 0 amide bonds. The number of aromatic nitrogens is 3. The first kappa shape index (κ1) is 28.7. The van der Waals surface area contributed by atoms with Crippen LogP contribution in [0.4, 0.5) is 14.5 Å². The smallest absolute Gasteiger partial charge is 0.333 e. The van der Waals surface area contributed by atoms with Crippen LogP contribution < -0.4 is 15.5 Å². The van der Waals surface area contributed by atoms with Crippen molar-refractivity contribution >= 4 is 38.3 Å². The van der Waals surface area contributed by atoms with Crippen LogP contribution in [0.1, 0.15) is 57.0 Å². The second kappa shape index (κ2) is 10.3. The Balaban J connectivity index is 1.85. The van der Waals surface area contributed by atoms with E-state index in [1.165, 1.54) is 18.3 Å². The van der Waals surface area contributed by atoms with Crippen molar-refractivity contribution < 1.29 is 21.6 Å². The molecule has 0 radical (unpaired) electrons. The minimum Gasteiger partial charge on any atom is -0.455 e. The van der Waals surface area contributed by atoms with E-state index in [2.05, 4.69) is 20.1 Å². The van der Waals surface area contributed by atoms with Gasteiger partial charge in [-0.3, -0.25) is 4.79 Å². The normalized spacial score (nSPS) is 13.3. The van der Waals surface area contributed by atoms with Gasteiger partial charge >= 0.3 is 6.55 Å². The summed E-state index contributed by atoms with van der Waals surface area (Å²) in [6, 6.07) is 5.87. The van der Waals surface area contributed by atoms with E-state index in [0.717, 1.165) is 11.8 Å². The molecule has 0 spiro atoms. The summed E-state index contributed by atoms with van der Waals surface area (Å²) in [5, 5.41) is 6.82. The van der Waals surface area contributed by atoms with Gasteiger partial charge in [0.1, 0.15) is 16.5 Å². The Morgan fingerprint density at radius 2 is 1.85 bits per heavy atom. The summed E-state index contributed by atoms with van der Waals surface area (Å²) in [6.07, 6.45) is 2.31. The molecule has 0 aliphatic rings. The predicted octanol–water partition coefficient (Wildman–Crippen LogP) is 5.97. The van der Waals surface area contributed by atoms with Gasteiger partial charge in [0.15, 0.2) is 10.5 Å². The highest BCUT2D eigenvalue weighted by Gasteiger charge is 2.28. The van der Waals surface area contributed by atoms with Crippen LogP contribution in [0, 0.1) is 13.8 Å². The molecule has 0 saturated carbocycles. The number of halogens is 3. The number of nitrogens with zero attached hydrogens (tertiary/aromatic N) is 3. The van der Waals surface area contributed by atoms with E-state index >= 15 is 0 Å². The highest BCUT2D eigenvalue weighted by molar-refractivity contribution is 7.89. The zero-order valence-electron chi connectivity index (χ0n) is 22.1. The zero-order chi connectivity index (χ0) is 28.9. The molecule has 1 atom stereocenters. The van der Waals surface area contributed by atoms with E-state index in [1.807, 2.05) is 6.92 Å². The third-order valence-electron chi connectivity index (χ3n) is 5.82. The number of aryl methyl sites for hydroxylation is 1. The molecule has 1 aromatic carbocycles. The number of pyridine rings is 1. The van der Waals surface area contributed by atoms with Crippen LogP contribution in [-0.2, 0) is 10.0 Å². The van der Waals surface area contributed by atoms with E-state index in [9.17, 15) is 22.0 Å². The van der Waals surface area contributed by atoms with Gasteiger partial charge in [-0.05, 0) is 65.3 Å². The molecule has 0 aliphatic heterocycles. The second-order valence-electron chi connectivity index (χ2n) is 10.3. The molecule has 4 aromatic rings. The zero-order valence-corrected chi connectivity index (χ0v) is 23.7. The Morgan fingerprint density at radius 1 is 1.15 bits per heavy atom. The fourth-order valence-corrected chi connectivity index (χ4v) is 5.96. The predicted molar refractivity (Wildman–Crippen MR) is 146 cm³/mol. The number of hydrogen-bond donors (Lipinski definition) is 2. The minimum absolute atomic E-state index is 0.000972. The van der Waals surface area contributed by atoms with Crippen LogP contribution in [0.3, 0.4) is 0 Å². The first-order chi connectivity index (χ1) is 18.1. The summed E-state index contributed by atoms with van der Waals surface area (Å²) >= 11 is 6.04. The average molecular weight is 580 g/mol. The van der Waals surface area contributed by atoms with Crippen molar-refractivity contribution in [2.75, 3.05) is 5.32 Å². The number of fused-ring (bicyclic) bond motifs is 1. The largest absolute Gasteiger partial charge is 0.455 e. The Kier molecular flexibility index (Phi) is 7.58. The number of nitrogens with one attached hydrogen (secondary N) is 2. The number of rotatable bonds is 7. The van der Waals surface area contributed by atoms with Gasteiger partial charge in [0.2, 0.25) is 0 Å². The fraction of sp³-hybridized carbons (Fsp3) is 0.346. The van der Waals surface area contributed by atoms with Crippen molar-refractivity contribution in [2.24, 2.45) is 0 Å². The van der Waals surface area contributed by atoms with E-state index in [-0.39, 0.29) is 43.8 Å². The van der Waals surface area contributed by atoms with Crippen LogP contribution in [0.25, 0.3) is 22.3 Å². The summed E-state index contributed by atoms with van der Waals surface area (Å²) < 4.78 is 61.8. The Morgan fingerprint density at radius 3 is 2.46 bits per heavy atom. The molecule has 0 aliphatic carbocycles. The quantitative estimate of drug-likeness (QED) is 0.259. The van der Waals surface area contributed by atoms with Crippen LogP contribution in [0.5, 0.6) is 0 Å². The Bertz CT molecular complexity index is 1730. The summed E-state index contributed by atoms with van der Waals surface area (Å²) in [6.45, 7) is 7.41. The maximum absolute atomic E-state index is 13.3. The van der Waals surface area contributed by atoms with Crippen LogP contribution in [-0.4, -0.2) is 28.7 Å². The number of anilines is 1. The van der Waals surface area contributed by atoms with Gasteiger partial charge in [-0.1, -0.05) is 17.7 Å². The van der Waals surface area contributed by atoms with Crippen LogP contribution in [0.15, 0.2) is 50.9 Å². The molecular formula is C26H28ClF2N5O4S. The summed E-state index contributed by atoms with van der Waals surface area (Å²) in [5.74, 6) is 0.113. The fourth-order valence-electron chi connectivity index (χ4n) is 4.22. The highest BCUT2D eigenvalue weighted by Crippen LogP contribution is 2.33. The van der Waals surface area contributed by atoms with E-state index < -0.39 is 28.2 Å². The molecule has 4 rings (SSSR count). The molecule has 13 heteroatoms. The molecule has 3 aromatic heterocycles. The highest BCUT2D eigenvalue weighted by atomic mass is 35.5. The summed E-state index contributed by atoms with van der Waals surface area (Å²) in [5.41, 5.74) is 1.12. The molecule has 9 nitrogen and oxygen atoms in total. The maximum atomic E-state index is 13.3. The lowest BCUT2D eigenvalue weighted by atomic mass is 9.99. The third kappa shape index (κ3) is 5.97. The van der Waals surface area contributed by atoms with Gasteiger partial charge in [-0.2, -0.15) is 13.9 Å². The van der Waals surface area contributed by atoms with E-state index in [0.29, 0.717) is 15.6 Å². The average Bonchev–Trinajstić information content (AvgIpc) is 3.31. The van der Waals surface area contributed by atoms with Gasteiger partial charge < -0.3 is 9.73 Å². The molecular weight excluding hydrogens is 552 g/mol. The first-order valence-electron chi connectivity index (χ1n) is 11.9. The first-order valence-corrected chi connectivity index (χ1v) is 13.8. The van der Waals surface area contributed by atoms with Gasteiger partial charge in [-0.15, -0.1) is 0 Å². The Hall–Kier alpha value is -3.35. The lowest BCUT2D eigenvalue weighted by molar-refractivity contribution is 0.0566. The molecule has 0 bridgehead atoms. The van der Waals surface area contributed by atoms with E-state index in [4.69, 9.17) is 16.0 Å². The van der Waals surface area contributed by atoms with Crippen molar-refractivity contribution in [3.63, 3.8) is 0 Å². The van der Waals surface area contributed by atoms with Crippen molar-refractivity contribution in [1.29, 1.82) is 0 Å². The molecule has 0 unspecified atom stereocenters. The van der Waals surface area contributed by atoms with Gasteiger partial charge in [-0.25, -0.2) is 22.8 Å². The lowest BCUT2D eigenvalue weighted by Crippen LogP contribution is -2.41. The molecule has 0 fully saturated rings. The number of sulfonamides is 1. The van der Waals surface area contributed by atoms with Crippen molar-refractivity contribution in [1.82, 2.24) is 19.5 Å². The van der Waals surface area contributed by atoms with E-state index in [1.54, 1.807) is 46.8 Å². The van der Waals surface area contributed by atoms with Gasteiger partial charge in [0, 0.05) is 22.9 Å². The SMILES string of the molecule is Cc1cc([C@@H](C)Nc2ccc(Cl)nc2S(=O)(=O)NC(C)(C)C)c2oc(-c3cnn(C(F)F)c3)c(C)c(=O)c2c1. The summed E-state index contributed by atoms with van der Waals surface area (Å²) in [4.78, 5) is 17.4. The maximum Gasteiger partial charge on any atom is 0.333 e. The third-order valence-corrected chi connectivity index (χ3v) is 7.73.